The predicted octanol–water partition coefficient (Wildman–Crippen LogP) is 0.823. The molecule has 0 aliphatic heterocycles. The zero-order chi connectivity index (χ0) is 11.4. The standard InChI is InChI=1S/C7H8FN3O4/c1-2-15-7(12)6(8)10-4-3-5(9-10)11(13)14/h3-4,6H,2H2,1H3. The molecule has 1 aromatic heterocycles. The molecule has 15 heavy (non-hydrogen) atoms. The second kappa shape index (κ2) is 4.49. The fourth-order valence-electron chi connectivity index (χ4n) is 0.871. The Morgan fingerprint density at radius 2 is 2.53 bits per heavy atom. The summed E-state index contributed by atoms with van der Waals surface area (Å²) in [5.41, 5.74) is 0. The summed E-state index contributed by atoms with van der Waals surface area (Å²) >= 11 is 0. The van der Waals surface area contributed by atoms with Gasteiger partial charge in [0.15, 0.2) is 0 Å². The molecule has 8 heteroatoms. The van der Waals surface area contributed by atoms with Gasteiger partial charge in [-0.25, -0.2) is 9.18 Å². The quantitative estimate of drug-likeness (QED) is 0.423. The molecule has 1 aromatic rings. The van der Waals surface area contributed by atoms with Gasteiger partial charge >= 0.3 is 18.1 Å². The van der Waals surface area contributed by atoms with Gasteiger partial charge in [0.05, 0.1) is 24.0 Å². The number of hydrogen-bond donors (Lipinski definition) is 0. The Morgan fingerprint density at radius 1 is 1.87 bits per heavy atom. The summed E-state index contributed by atoms with van der Waals surface area (Å²) in [6.07, 6.45) is -1.15. The molecular weight excluding hydrogens is 209 g/mol. The second-order valence-electron chi connectivity index (χ2n) is 2.50. The van der Waals surface area contributed by atoms with Crippen LogP contribution in [0.25, 0.3) is 0 Å². The number of carbonyl (C=O) groups excluding carboxylic acids is 1. The van der Waals surface area contributed by atoms with Gasteiger partial charge in [-0.1, -0.05) is 0 Å². The molecule has 0 spiro atoms. The molecule has 0 saturated heterocycles. The number of alkyl halides is 1. The second-order valence-corrected chi connectivity index (χ2v) is 2.50. The third-order valence-electron chi connectivity index (χ3n) is 1.49. The van der Waals surface area contributed by atoms with Gasteiger partial charge in [-0.2, -0.15) is 0 Å². The lowest BCUT2D eigenvalue weighted by Gasteiger charge is -2.03. The Labute approximate surface area is 83.6 Å². The van der Waals surface area contributed by atoms with E-state index in [1.807, 2.05) is 0 Å². The molecular formula is C7H8FN3O4. The average Bonchev–Trinajstić information content (AvgIpc) is 2.65. The Morgan fingerprint density at radius 3 is 3.00 bits per heavy atom. The number of esters is 1. The first kappa shape index (κ1) is 11.1. The Bertz CT molecular complexity index is 378. The van der Waals surface area contributed by atoms with Gasteiger partial charge in [0.25, 0.3) is 0 Å². The van der Waals surface area contributed by atoms with Crippen molar-refractivity contribution in [1.82, 2.24) is 9.78 Å². The lowest BCUT2D eigenvalue weighted by molar-refractivity contribution is -0.389. The summed E-state index contributed by atoms with van der Waals surface area (Å²) in [7, 11) is 0. The van der Waals surface area contributed by atoms with Crippen molar-refractivity contribution >= 4 is 11.8 Å². The third-order valence-corrected chi connectivity index (χ3v) is 1.49. The van der Waals surface area contributed by atoms with Crippen LogP contribution in [-0.4, -0.2) is 27.3 Å². The highest BCUT2D eigenvalue weighted by molar-refractivity contribution is 5.72. The number of ether oxygens (including phenoxy) is 1. The monoisotopic (exact) mass is 217 g/mol. The molecule has 1 unspecified atom stereocenters. The molecule has 0 bridgehead atoms. The molecule has 0 saturated carbocycles. The molecule has 7 nitrogen and oxygen atoms in total. The van der Waals surface area contributed by atoms with Crippen LogP contribution in [0.1, 0.15) is 13.2 Å². The van der Waals surface area contributed by atoms with E-state index in [0.717, 1.165) is 12.3 Å². The highest BCUT2D eigenvalue weighted by Gasteiger charge is 2.26. The fraction of sp³-hybridized carbons (Fsp3) is 0.429. The van der Waals surface area contributed by atoms with Crippen LogP contribution in [0.5, 0.6) is 0 Å². The van der Waals surface area contributed by atoms with E-state index in [1.54, 1.807) is 0 Å². The predicted molar refractivity (Wildman–Crippen MR) is 45.7 cm³/mol. The first-order chi connectivity index (χ1) is 7.06. The van der Waals surface area contributed by atoms with Gasteiger partial charge in [-0.15, -0.1) is 4.68 Å². The maximum Gasteiger partial charge on any atom is 0.390 e. The molecule has 82 valence electrons. The van der Waals surface area contributed by atoms with Crippen LogP contribution in [0.4, 0.5) is 10.2 Å². The molecule has 0 fully saturated rings. The molecule has 1 rings (SSSR count). The summed E-state index contributed by atoms with van der Waals surface area (Å²) < 4.78 is 18.1. The number of hydrogen-bond acceptors (Lipinski definition) is 5. The van der Waals surface area contributed by atoms with Crippen molar-refractivity contribution in [3.05, 3.63) is 22.4 Å². The van der Waals surface area contributed by atoms with Crippen molar-refractivity contribution in [3.8, 4) is 0 Å². The van der Waals surface area contributed by atoms with Crippen LogP contribution < -0.4 is 0 Å². The van der Waals surface area contributed by atoms with Gasteiger partial charge in [0.1, 0.15) is 0 Å². The van der Waals surface area contributed by atoms with Crippen LogP contribution in [-0.2, 0) is 9.53 Å². The molecule has 0 radical (unpaired) electrons. The van der Waals surface area contributed by atoms with Crippen molar-refractivity contribution in [2.24, 2.45) is 0 Å². The Hall–Kier alpha value is -1.99. The molecule has 1 atom stereocenters. The topological polar surface area (TPSA) is 87.3 Å². The van der Waals surface area contributed by atoms with Gasteiger partial charge in [0.2, 0.25) is 0 Å². The molecule has 1 heterocycles. The van der Waals surface area contributed by atoms with Gasteiger partial charge in [-0.3, -0.25) is 0 Å². The van der Waals surface area contributed by atoms with Gasteiger partial charge < -0.3 is 14.9 Å². The minimum atomic E-state index is -2.15. The first-order valence-electron chi connectivity index (χ1n) is 4.06. The molecule has 0 aliphatic rings. The summed E-state index contributed by atoms with van der Waals surface area (Å²) in [4.78, 5) is 20.3. The number of rotatable bonds is 4. The zero-order valence-corrected chi connectivity index (χ0v) is 7.79. The van der Waals surface area contributed by atoms with Crippen molar-refractivity contribution in [2.75, 3.05) is 6.61 Å². The van der Waals surface area contributed by atoms with E-state index in [1.165, 1.54) is 6.92 Å². The van der Waals surface area contributed by atoms with E-state index in [9.17, 15) is 19.3 Å². The molecule has 0 amide bonds. The number of carbonyl (C=O) groups is 1. The van der Waals surface area contributed by atoms with E-state index < -0.39 is 23.0 Å². The minimum Gasteiger partial charge on any atom is -0.462 e. The fourth-order valence-corrected chi connectivity index (χ4v) is 0.871. The number of aromatic nitrogens is 2. The zero-order valence-electron chi connectivity index (χ0n) is 7.79. The first-order valence-corrected chi connectivity index (χ1v) is 4.06. The van der Waals surface area contributed by atoms with E-state index in [2.05, 4.69) is 9.84 Å². The molecule has 0 N–H and O–H groups in total. The minimum absolute atomic E-state index is 0.0304. The lowest BCUT2D eigenvalue weighted by Crippen LogP contribution is -2.18. The van der Waals surface area contributed by atoms with Crippen LogP contribution in [0.2, 0.25) is 0 Å². The Kier molecular flexibility index (Phi) is 3.32. The van der Waals surface area contributed by atoms with Crippen LogP contribution in [0.15, 0.2) is 12.3 Å². The smallest absolute Gasteiger partial charge is 0.390 e. The summed E-state index contributed by atoms with van der Waals surface area (Å²) in [5.74, 6) is -1.66. The number of halogens is 1. The van der Waals surface area contributed by atoms with Crippen molar-refractivity contribution < 1.29 is 18.8 Å². The van der Waals surface area contributed by atoms with E-state index in [-0.39, 0.29) is 6.61 Å². The summed E-state index contributed by atoms with van der Waals surface area (Å²) in [5, 5.41) is 13.5. The molecule has 0 aliphatic carbocycles. The largest absolute Gasteiger partial charge is 0.462 e. The highest BCUT2D eigenvalue weighted by Crippen LogP contribution is 2.13. The van der Waals surface area contributed by atoms with E-state index in [4.69, 9.17) is 0 Å². The SMILES string of the molecule is CCOC(=O)C(F)n1ccc([N+](=O)[O-])n1. The van der Waals surface area contributed by atoms with E-state index in [0.29, 0.717) is 4.68 Å². The number of nitro groups is 1. The average molecular weight is 217 g/mol. The van der Waals surface area contributed by atoms with Crippen LogP contribution >= 0.6 is 0 Å². The molecule has 0 aromatic carbocycles. The van der Waals surface area contributed by atoms with Crippen molar-refractivity contribution in [1.29, 1.82) is 0 Å². The van der Waals surface area contributed by atoms with Crippen molar-refractivity contribution in [3.63, 3.8) is 0 Å². The van der Waals surface area contributed by atoms with Crippen LogP contribution in [0, 0.1) is 10.1 Å². The maximum atomic E-state index is 13.2. The van der Waals surface area contributed by atoms with E-state index >= 15 is 0 Å². The summed E-state index contributed by atoms with van der Waals surface area (Å²) in [6, 6.07) is 0.992. The number of nitrogens with zero attached hydrogens (tertiary/aromatic N) is 3. The lowest BCUT2D eigenvalue weighted by atomic mass is 10.6. The normalized spacial score (nSPS) is 12.1. The highest BCUT2D eigenvalue weighted by atomic mass is 19.1. The van der Waals surface area contributed by atoms with Crippen molar-refractivity contribution in [2.45, 2.75) is 13.2 Å². The maximum absolute atomic E-state index is 13.2. The summed E-state index contributed by atoms with van der Waals surface area (Å²) in [6.45, 7) is 1.55. The van der Waals surface area contributed by atoms with Gasteiger partial charge in [0, 0.05) is 0 Å². The Balaban J connectivity index is 2.78. The van der Waals surface area contributed by atoms with Crippen LogP contribution in [0.3, 0.4) is 0 Å². The third kappa shape index (κ3) is 2.48. The van der Waals surface area contributed by atoms with Gasteiger partial charge in [-0.05, 0) is 11.8 Å².